The summed E-state index contributed by atoms with van der Waals surface area (Å²) in [5, 5.41) is 0. The highest BCUT2D eigenvalue weighted by Gasteiger charge is 2.25. The Morgan fingerprint density at radius 1 is 0.483 bits per heavy atom. The molecule has 0 spiro atoms. The molecule has 1 aliphatic rings. The fourth-order valence-electron chi connectivity index (χ4n) is 8.79. The Bertz CT molecular complexity index is 1570. The van der Waals surface area contributed by atoms with Crippen molar-refractivity contribution in [2.24, 2.45) is 0 Å². The molecule has 0 saturated carbocycles. The predicted molar refractivity (Wildman–Crippen MR) is 256 cm³/mol. The summed E-state index contributed by atoms with van der Waals surface area (Å²) < 4.78 is 15.0. The van der Waals surface area contributed by atoms with Gasteiger partial charge in [0.25, 0.3) is 5.52 Å². The predicted octanol–water partition coefficient (Wildman–Crippen LogP) is 14.6. The number of halogens is 1. The molecule has 5 heteroatoms. The first kappa shape index (κ1) is 51.8. The maximum atomic E-state index is 6.33. The zero-order valence-electron chi connectivity index (χ0n) is 38.6. The molecule has 0 amide bonds. The van der Waals surface area contributed by atoms with Crippen LogP contribution < -0.4 is 38.2 Å². The number of para-hydroxylation sites is 4. The molecule has 0 aliphatic carbocycles. The first-order valence-corrected chi connectivity index (χ1v) is 25.3. The number of hydrogen-bond acceptors (Lipinski definition) is 3. The molecule has 0 radical (unpaired) electrons. The average Bonchev–Trinajstić information content (AvgIpc) is 3.80. The van der Waals surface area contributed by atoms with Gasteiger partial charge >= 0.3 is 5.89 Å². The third-order valence-corrected chi connectivity index (χ3v) is 12.4. The van der Waals surface area contributed by atoms with E-state index in [1.807, 2.05) is 0 Å². The number of aromatic nitrogens is 1. The fourth-order valence-corrected chi connectivity index (χ4v) is 8.79. The Morgan fingerprint density at radius 3 is 1.47 bits per heavy atom. The van der Waals surface area contributed by atoms with E-state index in [1.54, 1.807) is 0 Å². The first-order valence-electron chi connectivity index (χ1n) is 25.3. The number of rotatable bonds is 37. The lowest BCUT2D eigenvalue weighted by atomic mass is 10.0. The zero-order chi connectivity index (χ0) is 41.3. The molecule has 1 aliphatic heterocycles. The first-order chi connectivity index (χ1) is 29.3. The van der Waals surface area contributed by atoms with E-state index >= 15 is 0 Å². The van der Waals surface area contributed by atoms with Gasteiger partial charge in [-0.3, -0.25) is 0 Å². The van der Waals surface area contributed by atoms with E-state index in [4.69, 9.17) is 9.15 Å². The van der Waals surface area contributed by atoms with E-state index < -0.39 is 0 Å². The monoisotopic (exact) mass is 935 g/mol. The molecule has 2 aromatic carbocycles. The molecule has 0 unspecified atom stereocenters. The van der Waals surface area contributed by atoms with Crippen LogP contribution in [0.25, 0.3) is 17.2 Å². The van der Waals surface area contributed by atoms with Crippen LogP contribution in [0.5, 0.6) is 5.75 Å². The van der Waals surface area contributed by atoms with Gasteiger partial charge in [0, 0.05) is 19.0 Å². The summed E-state index contributed by atoms with van der Waals surface area (Å²) in [6.45, 7) is 6.58. The molecule has 0 fully saturated rings. The Hall–Kier alpha value is -2.54. The van der Waals surface area contributed by atoms with Gasteiger partial charge in [0.1, 0.15) is 0 Å². The number of nitrogens with zero attached hydrogens (tertiary/aromatic N) is 2. The lowest BCUT2D eigenvalue weighted by molar-refractivity contribution is -0.678. The molecule has 336 valence electrons. The second-order valence-corrected chi connectivity index (χ2v) is 17.6. The minimum Gasteiger partial charge on any atom is -1.00 e. The molecule has 0 bridgehead atoms. The minimum absolute atomic E-state index is 0. The van der Waals surface area contributed by atoms with Gasteiger partial charge in [-0.1, -0.05) is 243 Å². The lowest BCUT2D eigenvalue weighted by Crippen LogP contribution is -3.00. The molecule has 4 rings (SSSR count). The summed E-state index contributed by atoms with van der Waals surface area (Å²) in [7, 11) is 0. The lowest BCUT2D eigenvalue weighted by Gasteiger charge is -2.18. The Labute approximate surface area is 386 Å². The summed E-state index contributed by atoms with van der Waals surface area (Å²) in [5.74, 6) is 2.79. The molecule has 0 atom stereocenters. The van der Waals surface area contributed by atoms with Crippen molar-refractivity contribution in [2.75, 3.05) is 11.4 Å². The van der Waals surface area contributed by atoms with Crippen LogP contribution in [0, 0.1) is 0 Å². The van der Waals surface area contributed by atoms with Crippen molar-refractivity contribution < 1.29 is 37.7 Å². The number of benzene rings is 2. The molecule has 3 aromatic rings. The number of unbranched alkanes of at least 4 members (excludes halogenated alkanes) is 30. The summed E-state index contributed by atoms with van der Waals surface area (Å²) in [6, 6.07) is 16.9. The number of oxazole rings is 1. The van der Waals surface area contributed by atoms with Crippen LogP contribution in [0.3, 0.4) is 0 Å². The van der Waals surface area contributed by atoms with E-state index in [0.29, 0.717) is 0 Å². The van der Waals surface area contributed by atoms with Crippen LogP contribution >= 0.6 is 0 Å². The molecular formula is C55H87IN2O2. The van der Waals surface area contributed by atoms with Gasteiger partial charge in [-0.05, 0) is 37.1 Å². The molecule has 1 aromatic heterocycles. The minimum atomic E-state index is 0. The largest absolute Gasteiger partial charge is 1.00 e. The van der Waals surface area contributed by atoms with Crippen LogP contribution in [-0.4, -0.2) is 6.54 Å². The normalized spacial score (nSPS) is 13.3. The fraction of sp³-hybridized carbons (Fsp3) is 0.655. The second-order valence-electron chi connectivity index (χ2n) is 17.6. The van der Waals surface area contributed by atoms with Crippen molar-refractivity contribution in [3.05, 3.63) is 84.6 Å². The van der Waals surface area contributed by atoms with Crippen molar-refractivity contribution in [1.29, 1.82) is 0 Å². The van der Waals surface area contributed by atoms with Gasteiger partial charge in [-0.25, -0.2) is 0 Å². The van der Waals surface area contributed by atoms with E-state index in [9.17, 15) is 0 Å². The van der Waals surface area contributed by atoms with E-state index in [2.05, 4.69) is 102 Å². The van der Waals surface area contributed by atoms with Crippen molar-refractivity contribution in [1.82, 2.24) is 0 Å². The summed E-state index contributed by atoms with van der Waals surface area (Å²) in [6.07, 6.45) is 55.0. The highest BCUT2D eigenvalue weighted by atomic mass is 127. The van der Waals surface area contributed by atoms with Crippen molar-refractivity contribution in [3.63, 3.8) is 0 Å². The molecule has 2 heterocycles. The topological polar surface area (TPSA) is 29.5 Å². The van der Waals surface area contributed by atoms with Crippen LogP contribution in [0.1, 0.15) is 225 Å². The standard InChI is InChI=1S/C55H87N2O2.HI/c1-3-5-7-9-11-13-15-17-19-21-23-25-27-29-31-40-48-56-50-42-36-38-44-52(50)58-54(56)46-34-33-35-47-55-57(51-43-37-39-45-53(51)59-55)49-41-32-30-28-26-24-22-20-18-16-14-12-10-8-6-4-2;/h33-39,42-47H,3-32,40-41,48-49H2,1-2H3;1H/q+1;/p-1. The zero-order valence-corrected chi connectivity index (χ0v) is 40.8. The SMILES string of the molecule is CCCCCCCCCCCCCCCCCCN1\C(=C/C=C/C=C/c2oc3ccccc3[n+]2CCCCCCCCCCCCCCCCCC)Oc2ccccc21.[I-]. The number of fused-ring (bicyclic) bond motifs is 2. The Kier molecular flexibility index (Phi) is 30.2. The molecular weight excluding hydrogens is 848 g/mol. The third kappa shape index (κ3) is 21.5. The number of ether oxygens (including phenoxy) is 1. The Balaban J connectivity index is 0.00000961. The van der Waals surface area contributed by atoms with Crippen LogP contribution in [0.4, 0.5) is 5.69 Å². The smallest absolute Gasteiger partial charge is 0.374 e. The highest BCUT2D eigenvalue weighted by Crippen LogP contribution is 2.38. The summed E-state index contributed by atoms with van der Waals surface area (Å²) in [4.78, 5) is 2.36. The van der Waals surface area contributed by atoms with E-state index in [-0.39, 0.29) is 24.0 Å². The van der Waals surface area contributed by atoms with Crippen LogP contribution in [0.15, 0.2) is 83.1 Å². The van der Waals surface area contributed by atoms with Gasteiger partial charge < -0.3 is 38.0 Å². The number of allylic oxidation sites excluding steroid dienone is 4. The molecule has 4 nitrogen and oxygen atoms in total. The second kappa shape index (κ2) is 35.0. The maximum Gasteiger partial charge on any atom is 0.374 e. The van der Waals surface area contributed by atoms with Gasteiger partial charge in [0.2, 0.25) is 11.5 Å². The average molecular weight is 935 g/mol. The van der Waals surface area contributed by atoms with Crippen molar-refractivity contribution in [2.45, 2.75) is 226 Å². The van der Waals surface area contributed by atoms with Gasteiger partial charge in [-0.15, -0.1) is 0 Å². The highest BCUT2D eigenvalue weighted by molar-refractivity contribution is 5.69. The number of hydrogen-bond donors (Lipinski definition) is 0. The maximum absolute atomic E-state index is 6.33. The van der Waals surface area contributed by atoms with E-state index in [1.165, 1.54) is 217 Å². The van der Waals surface area contributed by atoms with E-state index in [0.717, 1.165) is 36.2 Å². The van der Waals surface area contributed by atoms with Crippen LogP contribution in [-0.2, 0) is 6.54 Å². The van der Waals surface area contributed by atoms with Crippen molar-refractivity contribution in [3.8, 4) is 5.75 Å². The molecule has 0 saturated heterocycles. The quantitative estimate of drug-likeness (QED) is 0.0250. The molecule has 0 N–H and O–H groups in total. The van der Waals surface area contributed by atoms with Gasteiger partial charge in [0.05, 0.1) is 11.8 Å². The van der Waals surface area contributed by atoms with Gasteiger partial charge in [-0.2, -0.15) is 4.57 Å². The Morgan fingerprint density at radius 2 is 0.933 bits per heavy atom. The molecule has 60 heavy (non-hydrogen) atoms. The number of aryl methyl sites for hydroxylation is 1. The van der Waals surface area contributed by atoms with Crippen LogP contribution in [0.2, 0.25) is 0 Å². The third-order valence-electron chi connectivity index (χ3n) is 12.4. The number of anilines is 1. The summed E-state index contributed by atoms with van der Waals surface area (Å²) >= 11 is 0. The van der Waals surface area contributed by atoms with Gasteiger partial charge in [0.15, 0.2) is 12.3 Å². The van der Waals surface area contributed by atoms with Crippen molar-refractivity contribution >= 4 is 22.9 Å². The summed E-state index contributed by atoms with van der Waals surface area (Å²) in [5.41, 5.74) is 3.32.